The van der Waals surface area contributed by atoms with Crippen molar-refractivity contribution in [3.63, 3.8) is 0 Å². The molecular weight excluding hydrogens is 432 g/mol. The molecule has 1 atom stereocenters. The van der Waals surface area contributed by atoms with E-state index in [2.05, 4.69) is 29.6 Å². The molecule has 1 aliphatic carbocycles. The molecular formula is C27H34N2O5. The van der Waals surface area contributed by atoms with Crippen LogP contribution in [0.15, 0.2) is 48.5 Å². The number of carbonyl (C=O) groups is 3. The van der Waals surface area contributed by atoms with Crippen LogP contribution in [0.1, 0.15) is 63.5 Å². The van der Waals surface area contributed by atoms with Crippen LogP contribution in [0, 0.1) is 0 Å². The first-order valence-electron chi connectivity index (χ1n) is 11.9. The number of nitrogens with zero attached hydrogens (tertiary/aromatic N) is 1. The van der Waals surface area contributed by atoms with Crippen LogP contribution >= 0.6 is 0 Å². The number of rotatable bonds is 11. The summed E-state index contributed by atoms with van der Waals surface area (Å²) in [6.45, 7) is 6.31. The van der Waals surface area contributed by atoms with Crippen LogP contribution in [0.25, 0.3) is 11.1 Å². The Morgan fingerprint density at radius 1 is 1.03 bits per heavy atom. The predicted molar refractivity (Wildman–Crippen MR) is 131 cm³/mol. The summed E-state index contributed by atoms with van der Waals surface area (Å²) >= 11 is 0. The number of benzene rings is 2. The molecule has 0 saturated carbocycles. The summed E-state index contributed by atoms with van der Waals surface area (Å²) in [6, 6.07) is 15.9. The van der Waals surface area contributed by atoms with Crippen molar-refractivity contribution >= 4 is 18.0 Å². The molecule has 2 amide bonds. The molecule has 0 saturated heterocycles. The largest absolute Gasteiger partial charge is 0.481 e. The molecule has 0 spiro atoms. The van der Waals surface area contributed by atoms with Gasteiger partial charge in [-0.05, 0) is 48.9 Å². The van der Waals surface area contributed by atoms with E-state index >= 15 is 0 Å². The number of carbonyl (C=O) groups excluding carboxylic acids is 2. The van der Waals surface area contributed by atoms with E-state index in [-0.39, 0.29) is 43.4 Å². The first kappa shape index (κ1) is 25.3. The van der Waals surface area contributed by atoms with Gasteiger partial charge in [0.1, 0.15) is 6.61 Å². The third kappa shape index (κ3) is 6.16. The van der Waals surface area contributed by atoms with Crippen LogP contribution < -0.4 is 5.32 Å². The fourth-order valence-corrected chi connectivity index (χ4v) is 4.50. The van der Waals surface area contributed by atoms with E-state index in [0.29, 0.717) is 19.4 Å². The van der Waals surface area contributed by atoms with E-state index in [1.54, 1.807) is 4.90 Å². The normalized spacial score (nSPS) is 13.2. The minimum Gasteiger partial charge on any atom is -0.481 e. The third-order valence-corrected chi connectivity index (χ3v) is 6.31. The fraction of sp³-hybridized carbons (Fsp3) is 0.444. The molecule has 34 heavy (non-hydrogen) atoms. The number of carboxylic acid groups (broad SMARTS) is 1. The molecule has 0 aromatic heterocycles. The molecule has 182 valence electrons. The lowest BCUT2D eigenvalue weighted by atomic mass is 9.98. The van der Waals surface area contributed by atoms with E-state index in [1.807, 2.05) is 45.0 Å². The first-order chi connectivity index (χ1) is 16.3. The van der Waals surface area contributed by atoms with Crippen molar-refractivity contribution in [3.05, 3.63) is 59.7 Å². The van der Waals surface area contributed by atoms with Crippen LogP contribution in [0.3, 0.4) is 0 Å². The Labute approximate surface area is 201 Å². The van der Waals surface area contributed by atoms with Crippen LogP contribution in [-0.4, -0.2) is 53.2 Å². The van der Waals surface area contributed by atoms with Gasteiger partial charge in [-0.3, -0.25) is 9.59 Å². The second kappa shape index (κ2) is 11.7. The average molecular weight is 467 g/mol. The maximum atomic E-state index is 12.8. The summed E-state index contributed by atoms with van der Waals surface area (Å²) in [6.07, 6.45) is 0.605. The summed E-state index contributed by atoms with van der Waals surface area (Å²) in [4.78, 5) is 37.9. The Kier molecular flexibility index (Phi) is 8.68. The number of amides is 2. The Morgan fingerprint density at radius 3 is 2.15 bits per heavy atom. The van der Waals surface area contributed by atoms with Gasteiger partial charge < -0.3 is 20.1 Å². The Balaban J connectivity index is 1.56. The minimum absolute atomic E-state index is 0.0195. The zero-order valence-electron chi connectivity index (χ0n) is 20.1. The summed E-state index contributed by atoms with van der Waals surface area (Å²) in [5.41, 5.74) is 4.63. The maximum Gasteiger partial charge on any atom is 0.407 e. The van der Waals surface area contributed by atoms with Gasteiger partial charge in [-0.15, -0.1) is 0 Å². The molecule has 1 aliphatic rings. The van der Waals surface area contributed by atoms with Crippen molar-refractivity contribution in [3.8, 4) is 11.1 Å². The van der Waals surface area contributed by atoms with Crippen molar-refractivity contribution in [2.75, 3.05) is 13.2 Å². The molecule has 2 aromatic rings. The number of hydrogen-bond donors (Lipinski definition) is 2. The SMILES string of the molecule is CCC(CC(=O)N(CCCC(=O)O)C(C)C)NC(=O)OCC1c2ccccc2-c2ccccc21. The predicted octanol–water partition coefficient (Wildman–Crippen LogP) is 4.80. The Bertz CT molecular complexity index is 974. The molecule has 0 radical (unpaired) electrons. The van der Waals surface area contributed by atoms with Gasteiger partial charge in [-0.2, -0.15) is 0 Å². The van der Waals surface area contributed by atoms with E-state index in [0.717, 1.165) is 11.1 Å². The third-order valence-electron chi connectivity index (χ3n) is 6.31. The molecule has 0 heterocycles. The van der Waals surface area contributed by atoms with Crippen molar-refractivity contribution < 1.29 is 24.2 Å². The number of hydrogen-bond acceptors (Lipinski definition) is 4. The number of fused-ring (bicyclic) bond motifs is 3. The molecule has 7 heteroatoms. The van der Waals surface area contributed by atoms with E-state index in [1.165, 1.54) is 11.1 Å². The molecule has 0 aliphatic heterocycles. The van der Waals surface area contributed by atoms with Gasteiger partial charge in [0.2, 0.25) is 5.91 Å². The van der Waals surface area contributed by atoms with Crippen molar-refractivity contribution in [1.29, 1.82) is 0 Å². The number of aliphatic carboxylic acids is 1. The fourth-order valence-electron chi connectivity index (χ4n) is 4.50. The first-order valence-corrected chi connectivity index (χ1v) is 11.9. The summed E-state index contributed by atoms with van der Waals surface area (Å²) in [5, 5.41) is 11.7. The molecule has 2 aromatic carbocycles. The van der Waals surface area contributed by atoms with Crippen LogP contribution in [0.5, 0.6) is 0 Å². The number of nitrogens with one attached hydrogen (secondary N) is 1. The van der Waals surface area contributed by atoms with Crippen LogP contribution in [0.2, 0.25) is 0 Å². The number of alkyl carbamates (subject to hydrolysis) is 1. The molecule has 0 fully saturated rings. The van der Waals surface area contributed by atoms with Gasteiger partial charge >= 0.3 is 12.1 Å². The van der Waals surface area contributed by atoms with E-state index in [4.69, 9.17) is 9.84 Å². The lowest BCUT2D eigenvalue weighted by molar-refractivity contribution is -0.138. The van der Waals surface area contributed by atoms with Gasteiger partial charge in [-0.1, -0.05) is 55.5 Å². The lowest BCUT2D eigenvalue weighted by Crippen LogP contribution is -2.43. The van der Waals surface area contributed by atoms with Crippen molar-refractivity contribution in [2.45, 2.75) is 64.5 Å². The zero-order valence-corrected chi connectivity index (χ0v) is 20.1. The van der Waals surface area contributed by atoms with E-state index in [9.17, 15) is 14.4 Å². The highest BCUT2D eigenvalue weighted by molar-refractivity contribution is 5.80. The minimum atomic E-state index is -0.875. The maximum absolute atomic E-state index is 12.8. The topological polar surface area (TPSA) is 95.9 Å². The summed E-state index contributed by atoms with van der Waals surface area (Å²) in [5.74, 6) is -1.00. The lowest BCUT2D eigenvalue weighted by Gasteiger charge is -2.28. The smallest absolute Gasteiger partial charge is 0.407 e. The number of carboxylic acids is 1. The molecule has 2 N–H and O–H groups in total. The summed E-state index contributed by atoms with van der Waals surface area (Å²) in [7, 11) is 0. The standard InChI is InChI=1S/C27H34N2O5/c1-4-19(16-25(30)29(18(2)3)15-9-14-26(31)32)28-27(33)34-17-24-22-12-7-5-10-20(22)21-11-6-8-13-23(21)24/h5-8,10-13,18-19,24H,4,9,14-17H2,1-3H3,(H,28,33)(H,31,32). The van der Waals surface area contributed by atoms with Crippen molar-refractivity contribution in [2.24, 2.45) is 0 Å². The van der Waals surface area contributed by atoms with Gasteiger partial charge in [0.05, 0.1) is 0 Å². The molecule has 3 rings (SSSR count). The Morgan fingerprint density at radius 2 is 1.62 bits per heavy atom. The van der Waals surface area contributed by atoms with Gasteiger partial charge in [-0.25, -0.2) is 4.79 Å². The van der Waals surface area contributed by atoms with E-state index < -0.39 is 12.1 Å². The second-order valence-electron chi connectivity index (χ2n) is 8.96. The van der Waals surface area contributed by atoms with Gasteiger partial charge in [0.15, 0.2) is 0 Å². The number of ether oxygens (including phenoxy) is 1. The highest BCUT2D eigenvalue weighted by Gasteiger charge is 2.29. The summed E-state index contributed by atoms with van der Waals surface area (Å²) < 4.78 is 5.61. The van der Waals surface area contributed by atoms with Crippen LogP contribution in [-0.2, 0) is 14.3 Å². The highest BCUT2D eigenvalue weighted by atomic mass is 16.5. The monoisotopic (exact) mass is 466 g/mol. The Hall–Kier alpha value is -3.35. The van der Waals surface area contributed by atoms with Gasteiger partial charge in [0.25, 0.3) is 0 Å². The quantitative estimate of drug-likeness (QED) is 0.496. The average Bonchev–Trinajstić information content (AvgIpc) is 3.13. The van der Waals surface area contributed by atoms with Crippen LogP contribution in [0.4, 0.5) is 4.79 Å². The molecule has 7 nitrogen and oxygen atoms in total. The van der Waals surface area contributed by atoms with Gasteiger partial charge in [0, 0.05) is 37.4 Å². The zero-order chi connectivity index (χ0) is 24.7. The molecule has 0 bridgehead atoms. The molecule has 1 unspecified atom stereocenters. The highest BCUT2D eigenvalue weighted by Crippen LogP contribution is 2.44. The van der Waals surface area contributed by atoms with Crippen molar-refractivity contribution in [1.82, 2.24) is 10.2 Å². The second-order valence-corrected chi connectivity index (χ2v) is 8.96.